The van der Waals surface area contributed by atoms with E-state index in [0.717, 1.165) is 25.9 Å². The third-order valence-corrected chi connectivity index (χ3v) is 4.62. The zero-order valence-electron chi connectivity index (χ0n) is 15.3. The summed E-state index contributed by atoms with van der Waals surface area (Å²) in [5, 5.41) is 22.0. The smallest absolute Gasteiger partial charge is 0.271 e. The number of benzene rings is 1. The Morgan fingerprint density at radius 1 is 1.30 bits per heavy atom. The first-order valence-electron chi connectivity index (χ1n) is 8.69. The van der Waals surface area contributed by atoms with Crippen LogP contribution in [0.2, 0.25) is 0 Å². The summed E-state index contributed by atoms with van der Waals surface area (Å²) in [6.45, 7) is 1.84. The lowest BCUT2D eigenvalue weighted by atomic mass is 10.1. The second-order valence-corrected chi connectivity index (χ2v) is 6.52. The minimum Gasteiger partial charge on any atom is -0.507 e. The van der Waals surface area contributed by atoms with E-state index in [1.807, 2.05) is 7.05 Å². The molecule has 1 saturated heterocycles. The van der Waals surface area contributed by atoms with Crippen LogP contribution in [-0.4, -0.2) is 65.3 Å². The molecule has 0 atom stereocenters. The van der Waals surface area contributed by atoms with Crippen molar-refractivity contribution in [1.82, 2.24) is 20.4 Å². The molecule has 1 aromatic heterocycles. The first-order chi connectivity index (χ1) is 13.0. The summed E-state index contributed by atoms with van der Waals surface area (Å²) in [6, 6.07) is 4.61. The van der Waals surface area contributed by atoms with E-state index in [2.05, 4.69) is 25.7 Å². The monoisotopic (exact) mass is 373 g/mol. The molecular weight excluding hydrogens is 350 g/mol. The highest BCUT2D eigenvalue weighted by molar-refractivity contribution is 6.10. The van der Waals surface area contributed by atoms with Crippen molar-refractivity contribution >= 4 is 17.5 Å². The highest BCUT2D eigenvalue weighted by Gasteiger charge is 2.24. The maximum absolute atomic E-state index is 12.6. The maximum Gasteiger partial charge on any atom is 0.271 e. The van der Waals surface area contributed by atoms with Crippen LogP contribution in [0.1, 0.15) is 33.7 Å². The zero-order valence-corrected chi connectivity index (χ0v) is 15.3. The highest BCUT2D eigenvalue weighted by atomic mass is 16.5. The fourth-order valence-electron chi connectivity index (χ4n) is 3.07. The molecule has 27 heavy (non-hydrogen) atoms. The van der Waals surface area contributed by atoms with Gasteiger partial charge in [-0.1, -0.05) is 6.07 Å². The Morgan fingerprint density at radius 2 is 2.04 bits per heavy atom. The predicted octanol–water partition coefficient (Wildman–Crippen LogP) is 1.20. The SMILES string of the molecule is COc1cccc(O)c1C(=O)Nc1cn[nH]c1C(=O)NC1CCN(C)CC1. The van der Waals surface area contributed by atoms with E-state index in [9.17, 15) is 14.7 Å². The maximum atomic E-state index is 12.6. The summed E-state index contributed by atoms with van der Waals surface area (Å²) >= 11 is 0. The molecule has 2 heterocycles. The van der Waals surface area contributed by atoms with Gasteiger partial charge in [-0.3, -0.25) is 14.7 Å². The van der Waals surface area contributed by atoms with Gasteiger partial charge in [-0.2, -0.15) is 5.10 Å². The van der Waals surface area contributed by atoms with Crippen molar-refractivity contribution in [3.8, 4) is 11.5 Å². The van der Waals surface area contributed by atoms with Gasteiger partial charge in [0.25, 0.3) is 11.8 Å². The number of likely N-dealkylation sites (tertiary alicyclic amines) is 1. The second kappa shape index (κ2) is 8.09. The van der Waals surface area contributed by atoms with Gasteiger partial charge in [-0.25, -0.2) is 0 Å². The Bertz CT molecular complexity index is 827. The summed E-state index contributed by atoms with van der Waals surface area (Å²) in [5.74, 6) is -0.915. The van der Waals surface area contributed by atoms with Crippen molar-refractivity contribution < 1.29 is 19.4 Å². The van der Waals surface area contributed by atoms with Gasteiger partial charge in [0.1, 0.15) is 22.8 Å². The van der Waals surface area contributed by atoms with Gasteiger partial charge >= 0.3 is 0 Å². The normalized spacial score (nSPS) is 15.3. The van der Waals surface area contributed by atoms with Crippen molar-refractivity contribution in [3.05, 3.63) is 35.7 Å². The van der Waals surface area contributed by atoms with Crippen LogP contribution in [-0.2, 0) is 0 Å². The summed E-state index contributed by atoms with van der Waals surface area (Å²) in [6.07, 6.45) is 3.09. The van der Waals surface area contributed by atoms with E-state index in [1.165, 1.54) is 19.4 Å². The quantitative estimate of drug-likeness (QED) is 0.625. The van der Waals surface area contributed by atoms with Gasteiger partial charge in [-0.05, 0) is 45.1 Å². The number of aromatic hydroxyl groups is 1. The third kappa shape index (κ3) is 4.20. The average Bonchev–Trinajstić information content (AvgIpc) is 3.11. The van der Waals surface area contributed by atoms with E-state index in [4.69, 9.17) is 4.74 Å². The van der Waals surface area contributed by atoms with Crippen LogP contribution in [0.15, 0.2) is 24.4 Å². The number of aromatic amines is 1. The summed E-state index contributed by atoms with van der Waals surface area (Å²) < 4.78 is 5.13. The third-order valence-electron chi connectivity index (χ3n) is 4.62. The number of hydrogen-bond donors (Lipinski definition) is 4. The fraction of sp³-hybridized carbons (Fsp3) is 0.389. The topological polar surface area (TPSA) is 120 Å². The zero-order chi connectivity index (χ0) is 19.4. The van der Waals surface area contributed by atoms with Crippen LogP contribution in [0.3, 0.4) is 0 Å². The van der Waals surface area contributed by atoms with E-state index in [0.29, 0.717) is 0 Å². The molecule has 0 spiro atoms. The molecule has 1 aromatic carbocycles. The van der Waals surface area contributed by atoms with Crippen molar-refractivity contribution in [2.45, 2.75) is 18.9 Å². The number of ether oxygens (including phenoxy) is 1. The number of phenolic OH excluding ortho intramolecular Hbond substituents is 1. The van der Waals surface area contributed by atoms with Crippen LogP contribution >= 0.6 is 0 Å². The predicted molar refractivity (Wildman–Crippen MR) is 99.2 cm³/mol. The van der Waals surface area contributed by atoms with Crippen molar-refractivity contribution in [3.63, 3.8) is 0 Å². The molecule has 0 aliphatic carbocycles. The molecule has 1 fully saturated rings. The minimum absolute atomic E-state index is 0.0112. The molecule has 4 N–H and O–H groups in total. The summed E-state index contributed by atoms with van der Waals surface area (Å²) in [4.78, 5) is 27.4. The lowest BCUT2D eigenvalue weighted by Gasteiger charge is -2.29. The molecule has 1 aliphatic rings. The summed E-state index contributed by atoms with van der Waals surface area (Å²) in [7, 11) is 3.46. The lowest BCUT2D eigenvalue weighted by Crippen LogP contribution is -2.43. The molecule has 144 valence electrons. The van der Waals surface area contributed by atoms with Gasteiger partial charge < -0.3 is 25.4 Å². The van der Waals surface area contributed by atoms with Crippen LogP contribution in [0.4, 0.5) is 5.69 Å². The average molecular weight is 373 g/mol. The molecular formula is C18H23N5O4. The van der Waals surface area contributed by atoms with E-state index in [-0.39, 0.29) is 40.4 Å². The molecule has 0 bridgehead atoms. The van der Waals surface area contributed by atoms with Gasteiger partial charge in [0.15, 0.2) is 0 Å². The second-order valence-electron chi connectivity index (χ2n) is 6.52. The van der Waals surface area contributed by atoms with Gasteiger partial charge in [0.05, 0.1) is 19.0 Å². The molecule has 3 rings (SSSR count). The number of methoxy groups -OCH3 is 1. The van der Waals surface area contributed by atoms with Crippen molar-refractivity contribution in [1.29, 1.82) is 0 Å². The number of rotatable bonds is 5. The largest absolute Gasteiger partial charge is 0.507 e. The molecule has 9 nitrogen and oxygen atoms in total. The number of carbonyl (C=O) groups excluding carboxylic acids is 2. The Balaban J connectivity index is 1.72. The van der Waals surface area contributed by atoms with Crippen LogP contribution in [0.5, 0.6) is 11.5 Å². The number of aromatic nitrogens is 2. The minimum atomic E-state index is -0.598. The van der Waals surface area contributed by atoms with Crippen LogP contribution < -0.4 is 15.4 Å². The van der Waals surface area contributed by atoms with Gasteiger partial charge in [-0.15, -0.1) is 0 Å². The number of anilines is 1. The number of nitrogens with one attached hydrogen (secondary N) is 3. The number of phenols is 1. The number of amides is 2. The van der Waals surface area contributed by atoms with Crippen molar-refractivity contribution in [2.24, 2.45) is 0 Å². The van der Waals surface area contributed by atoms with Crippen LogP contribution in [0.25, 0.3) is 0 Å². The molecule has 0 unspecified atom stereocenters. The van der Waals surface area contributed by atoms with E-state index < -0.39 is 5.91 Å². The molecule has 1 aliphatic heterocycles. The standard InChI is InChI=1S/C18H23N5O4/c1-23-8-6-11(7-9-23)20-18(26)16-12(10-19-22-16)21-17(25)15-13(24)4-3-5-14(15)27-2/h3-5,10-11,24H,6-9H2,1-2H3,(H,19,22)(H,20,26)(H,21,25). The number of nitrogens with zero attached hydrogens (tertiary/aromatic N) is 2. The summed E-state index contributed by atoms with van der Waals surface area (Å²) in [5.41, 5.74) is 0.385. The van der Waals surface area contributed by atoms with E-state index >= 15 is 0 Å². The Kier molecular flexibility index (Phi) is 5.60. The number of hydrogen-bond acceptors (Lipinski definition) is 6. The molecule has 2 aromatic rings. The lowest BCUT2D eigenvalue weighted by molar-refractivity contribution is 0.0912. The Labute approximate surface area is 156 Å². The highest BCUT2D eigenvalue weighted by Crippen LogP contribution is 2.28. The first-order valence-corrected chi connectivity index (χ1v) is 8.69. The first kappa shape index (κ1) is 18.7. The number of carbonyl (C=O) groups is 2. The molecule has 9 heteroatoms. The van der Waals surface area contributed by atoms with Gasteiger partial charge in [0, 0.05) is 6.04 Å². The van der Waals surface area contributed by atoms with Crippen molar-refractivity contribution in [2.75, 3.05) is 32.6 Å². The van der Waals surface area contributed by atoms with E-state index in [1.54, 1.807) is 12.1 Å². The number of H-pyrrole nitrogens is 1. The number of piperidine rings is 1. The fourth-order valence-corrected chi connectivity index (χ4v) is 3.07. The molecule has 0 radical (unpaired) electrons. The molecule has 0 saturated carbocycles. The molecule has 2 amide bonds. The Morgan fingerprint density at radius 3 is 2.74 bits per heavy atom. The van der Waals surface area contributed by atoms with Crippen LogP contribution in [0, 0.1) is 0 Å². The van der Waals surface area contributed by atoms with Gasteiger partial charge in [0.2, 0.25) is 0 Å². The Hall–Kier alpha value is -3.07.